The Bertz CT molecular complexity index is 1290. The number of hydrogen-bond donors (Lipinski definition) is 3. The number of para-hydroxylation sites is 1. The van der Waals surface area contributed by atoms with Crippen molar-refractivity contribution in [2.45, 2.75) is 43.4 Å². The van der Waals surface area contributed by atoms with E-state index in [9.17, 15) is 9.90 Å². The standard InChI is InChI=1S/C28H33N5O4/c1-18-25(30-27(35)29-23-21-10-6-7-11-22(21)28(12-13-28)24(23)34)33(19-8-4-3-5-9-19)31-26(18)37-17-20-16-32(2)14-15-36-20/h3-11,20,23-24,34H,12-17H2,1-2H3,(H2,29,30,35)/t20-,23+,24-/m1/s1. The Labute approximate surface area is 216 Å². The van der Waals surface area contributed by atoms with Crippen molar-refractivity contribution in [3.63, 3.8) is 0 Å². The van der Waals surface area contributed by atoms with Crippen LogP contribution in [0.15, 0.2) is 54.6 Å². The molecule has 9 nitrogen and oxygen atoms in total. The minimum Gasteiger partial charge on any atom is -0.474 e. The number of fused-ring (bicyclic) bond motifs is 2. The maximum absolute atomic E-state index is 13.3. The fourth-order valence-electron chi connectivity index (χ4n) is 5.67. The van der Waals surface area contributed by atoms with Crippen LogP contribution in [0.3, 0.4) is 0 Å². The number of benzene rings is 2. The number of carbonyl (C=O) groups is 1. The maximum Gasteiger partial charge on any atom is 0.320 e. The molecular weight excluding hydrogens is 470 g/mol. The molecule has 1 saturated carbocycles. The molecule has 0 unspecified atom stereocenters. The van der Waals surface area contributed by atoms with Gasteiger partial charge >= 0.3 is 6.03 Å². The number of likely N-dealkylation sites (N-methyl/N-ethyl adjacent to an activating group) is 1. The van der Waals surface area contributed by atoms with Crippen molar-refractivity contribution in [1.29, 1.82) is 0 Å². The molecule has 1 aliphatic heterocycles. The zero-order chi connectivity index (χ0) is 25.6. The Hall–Kier alpha value is -3.40. The van der Waals surface area contributed by atoms with Crippen LogP contribution < -0.4 is 15.4 Å². The highest BCUT2D eigenvalue weighted by atomic mass is 16.5. The lowest BCUT2D eigenvalue weighted by Crippen LogP contribution is -2.42. The van der Waals surface area contributed by atoms with Crippen molar-refractivity contribution < 1.29 is 19.4 Å². The van der Waals surface area contributed by atoms with Gasteiger partial charge in [0.25, 0.3) is 0 Å². The highest BCUT2D eigenvalue weighted by Crippen LogP contribution is 2.59. The number of carbonyl (C=O) groups excluding carboxylic acids is 1. The lowest BCUT2D eigenvalue weighted by Gasteiger charge is -2.29. The molecule has 2 aromatic carbocycles. The molecule has 6 rings (SSSR count). The highest BCUT2D eigenvalue weighted by Gasteiger charge is 2.59. The molecule has 2 amide bonds. The summed E-state index contributed by atoms with van der Waals surface area (Å²) in [4.78, 5) is 15.5. The summed E-state index contributed by atoms with van der Waals surface area (Å²) in [5, 5.41) is 21.8. The second-order valence-corrected chi connectivity index (χ2v) is 10.4. The van der Waals surface area contributed by atoms with Crippen LogP contribution in [0.4, 0.5) is 10.6 Å². The predicted octanol–water partition coefficient (Wildman–Crippen LogP) is 3.16. The van der Waals surface area contributed by atoms with Crippen LogP contribution in [0, 0.1) is 6.92 Å². The van der Waals surface area contributed by atoms with Crippen molar-refractivity contribution >= 4 is 11.8 Å². The third-order valence-corrected chi connectivity index (χ3v) is 7.85. The Balaban J connectivity index is 1.23. The third kappa shape index (κ3) is 4.37. The Morgan fingerprint density at radius 3 is 2.70 bits per heavy atom. The molecule has 3 atom stereocenters. The number of urea groups is 1. The zero-order valence-electron chi connectivity index (χ0n) is 21.2. The molecule has 1 aromatic heterocycles. The van der Waals surface area contributed by atoms with Gasteiger partial charge in [-0.3, -0.25) is 5.32 Å². The van der Waals surface area contributed by atoms with Gasteiger partial charge in [-0.2, -0.15) is 0 Å². The molecule has 9 heteroatoms. The monoisotopic (exact) mass is 503 g/mol. The fourth-order valence-corrected chi connectivity index (χ4v) is 5.67. The first kappa shape index (κ1) is 24.0. The van der Waals surface area contributed by atoms with E-state index >= 15 is 0 Å². The van der Waals surface area contributed by atoms with Gasteiger partial charge in [0.05, 0.1) is 30.0 Å². The number of aromatic nitrogens is 2. The number of aliphatic hydroxyl groups is 1. The van der Waals surface area contributed by atoms with Crippen LogP contribution in [0.5, 0.6) is 5.88 Å². The van der Waals surface area contributed by atoms with E-state index in [0.717, 1.165) is 42.7 Å². The van der Waals surface area contributed by atoms with Crippen LogP contribution in [-0.2, 0) is 10.2 Å². The summed E-state index contributed by atoms with van der Waals surface area (Å²) in [6.07, 6.45) is 1.18. The number of amides is 2. The average molecular weight is 504 g/mol. The molecule has 0 bridgehead atoms. The number of rotatable bonds is 6. The van der Waals surface area contributed by atoms with Crippen molar-refractivity contribution in [1.82, 2.24) is 20.0 Å². The Morgan fingerprint density at radius 2 is 1.95 bits per heavy atom. The average Bonchev–Trinajstić information content (AvgIpc) is 3.62. The van der Waals surface area contributed by atoms with Crippen LogP contribution in [-0.4, -0.2) is 71.4 Å². The van der Waals surface area contributed by atoms with E-state index in [1.165, 1.54) is 0 Å². The molecule has 1 spiro atoms. The van der Waals surface area contributed by atoms with Crippen molar-refractivity contribution in [3.8, 4) is 11.6 Å². The summed E-state index contributed by atoms with van der Waals surface area (Å²) in [6, 6.07) is 16.7. The summed E-state index contributed by atoms with van der Waals surface area (Å²) in [7, 11) is 2.07. The molecule has 2 aliphatic carbocycles. The first-order valence-corrected chi connectivity index (χ1v) is 12.9. The lowest BCUT2D eigenvalue weighted by atomic mass is 9.97. The summed E-state index contributed by atoms with van der Waals surface area (Å²) in [6.45, 7) is 4.62. The van der Waals surface area contributed by atoms with Gasteiger partial charge in [-0.15, -0.1) is 5.10 Å². The first-order valence-electron chi connectivity index (χ1n) is 12.9. The molecule has 1 saturated heterocycles. The number of aliphatic hydroxyl groups excluding tert-OH is 1. The van der Waals surface area contributed by atoms with E-state index < -0.39 is 18.2 Å². The number of nitrogens with zero attached hydrogens (tertiary/aromatic N) is 3. The summed E-state index contributed by atoms with van der Waals surface area (Å²) >= 11 is 0. The predicted molar refractivity (Wildman–Crippen MR) is 139 cm³/mol. The summed E-state index contributed by atoms with van der Waals surface area (Å²) in [5.74, 6) is 0.960. The number of ether oxygens (including phenoxy) is 2. The normalized spacial score (nSPS) is 24.0. The molecule has 2 heterocycles. The van der Waals surface area contributed by atoms with Gasteiger partial charge in [0.15, 0.2) is 0 Å². The van der Waals surface area contributed by atoms with Gasteiger partial charge in [0.1, 0.15) is 18.5 Å². The maximum atomic E-state index is 13.3. The topological polar surface area (TPSA) is 101 Å². The van der Waals surface area contributed by atoms with E-state index in [1.54, 1.807) is 4.68 Å². The number of morpholine rings is 1. The molecule has 3 aliphatic rings. The second kappa shape index (κ2) is 9.48. The van der Waals surface area contributed by atoms with Gasteiger partial charge in [-0.1, -0.05) is 42.5 Å². The van der Waals surface area contributed by atoms with Gasteiger partial charge in [-0.05, 0) is 50.1 Å². The second-order valence-electron chi connectivity index (χ2n) is 10.4. The zero-order valence-corrected chi connectivity index (χ0v) is 21.2. The fraction of sp³-hybridized carbons (Fsp3) is 0.429. The molecular formula is C28H33N5O4. The Kier molecular flexibility index (Phi) is 6.14. The SMILES string of the molecule is Cc1c(OC[C@H]2CN(C)CCO2)nn(-c2ccccc2)c1NC(=O)N[C@H]1c2ccccc2C2(CC2)[C@@H]1O. The molecule has 37 heavy (non-hydrogen) atoms. The smallest absolute Gasteiger partial charge is 0.320 e. The quantitative estimate of drug-likeness (QED) is 0.478. The van der Waals surface area contributed by atoms with Gasteiger partial charge in [0, 0.05) is 18.5 Å². The number of hydrogen-bond acceptors (Lipinski definition) is 6. The summed E-state index contributed by atoms with van der Waals surface area (Å²) in [5.41, 5.74) is 3.41. The van der Waals surface area contributed by atoms with Crippen LogP contribution >= 0.6 is 0 Å². The molecule has 3 N–H and O–H groups in total. The van der Waals surface area contributed by atoms with Gasteiger partial charge < -0.3 is 24.8 Å². The molecule has 3 aromatic rings. The highest BCUT2D eigenvalue weighted by molar-refractivity contribution is 5.90. The van der Waals surface area contributed by atoms with Crippen molar-refractivity contribution in [2.24, 2.45) is 0 Å². The third-order valence-electron chi connectivity index (χ3n) is 7.85. The number of nitrogens with one attached hydrogen (secondary N) is 2. The van der Waals surface area contributed by atoms with Gasteiger partial charge in [-0.25, -0.2) is 9.48 Å². The molecule has 0 radical (unpaired) electrons. The van der Waals surface area contributed by atoms with E-state index in [-0.39, 0.29) is 11.5 Å². The first-order chi connectivity index (χ1) is 18.0. The number of anilines is 1. The minimum absolute atomic E-state index is 0.0431. The lowest BCUT2D eigenvalue weighted by molar-refractivity contribution is -0.0411. The molecule has 194 valence electrons. The minimum atomic E-state index is -0.650. The van der Waals surface area contributed by atoms with Crippen LogP contribution in [0.25, 0.3) is 5.69 Å². The largest absolute Gasteiger partial charge is 0.474 e. The van der Waals surface area contributed by atoms with Crippen LogP contribution in [0.2, 0.25) is 0 Å². The Morgan fingerprint density at radius 1 is 1.19 bits per heavy atom. The van der Waals surface area contributed by atoms with Crippen molar-refractivity contribution in [3.05, 3.63) is 71.3 Å². The molecule has 2 fully saturated rings. The van der Waals surface area contributed by atoms with E-state index in [1.807, 2.05) is 55.5 Å². The van der Waals surface area contributed by atoms with E-state index in [4.69, 9.17) is 9.47 Å². The van der Waals surface area contributed by atoms with Crippen molar-refractivity contribution in [2.75, 3.05) is 38.7 Å². The van der Waals surface area contributed by atoms with Crippen LogP contribution in [0.1, 0.15) is 35.6 Å². The van der Waals surface area contributed by atoms with E-state index in [0.29, 0.717) is 30.5 Å². The van der Waals surface area contributed by atoms with E-state index in [2.05, 4.69) is 33.7 Å². The van der Waals surface area contributed by atoms with Gasteiger partial charge in [0.2, 0.25) is 5.88 Å². The summed E-state index contributed by atoms with van der Waals surface area (Å²) < 4.78 is 13.6.